The number of halogens is 1. The molecule has 6 nitrogen and oxygen atoms in total. The van der Waals surface area contributed by atoms with E-state index in [9.17, 15) is 5.11 Å². The van der Waals surface area contributed by atoms with Gasteiger partial charge < -0.3 is 25.2 Å². The summed E-state index contributed by atoms with van der Waals surface area (Å²) in [6.45, 7) is 8.74. The molecule has 1 aromatic carbocycles. The van der Waals surface area contributed by atoms with Crippen molar-refractivity contribution in [2.45, 2.75) is 40.2 Å². The number of methoxy groups -OCH3 is 2. The van der Waals surface area contributed by atoms with Gasteiger partial charge in [0, 0.05) is 25.3 Å². The SMILES string of the molecule is CCNC(=NCc1cccc(OC)c1OC)NCC(CCO)CC(C)C.I. The maximum atomic E-state index is 9.28. The molecule has 0 aliphatic rings. The summed E-state index contributed by atoms with van der Waals surface area (Å²) in [6, 6.07) is 5.80. The van der Waals surface area contributed by atoms with Gasteiger partial charge >= 0.3 is 0 Å². The molecule has 0 aromatic heterocycles. The van der Waals surface area contributed by atoms with Crippen molar-refractivity contribution in [3.05, 3.63) is 23.8 Å². The second kappa shape index (κ2) is 14.8. The minimum atomic E-state index is 0. The van der Waals surface area contributed by atoms with Crippen LogP contribution in [-0.2, 0) is 6.54 Å². The normalized spacial score (nSPS) is 12.3. The number of rotatable bonds is 11. The Morgan fingerprint density at radius 2 is 1.93 bits per heavy atom. The fourth-order valence-electron chi connectivity index (χ4n) is 2.98. The molecule has 0 heterocycles. The fourth-order valence-corrected chi connectivity index (χ4v) is 2.98. The Bertz CT molecular complexity index is 553. The molecule has 1 aromatic rings. The summed E-state index contributed by atoms with van der Waals surface area (Å²) in [5.74, 6) is 3.22. The van der Waals surface area contributed by atoms with Crippen molar-refractivity contribution in [3.8, 4) is 11.5 Å². The van der Waals surface area contributed by atoms with Crippen LogP contribution in [0.2, 0.25) is 0 Å². The van der Waals surface area contributed by atoms with E-state index in [4.69, 9.17) is 9.47 Å². The predicted molar refractivity (Wildman–Crippen MR) is 122 cm³/mol. The summed E-state index contributed by atoms with van der Waals surface area (Å²) in [6.07, 6.45) is 1.88. The predicted octanol–water partition coefficient (Wildman–Crippen LogP) is 3.42. The third kappa shape index (κ3) is 9.51. The Hall–Kier alpha value is -1.22. The number of nitrogens with zero attached hydrogens (tertiary/aromatic N) is 1. The lowest BCUT2D eigenvalue weighted by Gasteiger charge is -2.20. The number of benzene rings is 1. The first-order chi connectivity index (χ1) is 12.5. The number of aliphatic hydroxyl groups excluding tert-OH is 1. The van der Waals surface area contributed by atoms with Gasteiger partial charge in [-0.3, -0.25) is 0 Å². The van der Waals surface area contributed by atoms with Gasteiger partial charge in [0.2, 0.25) is 0 Å². The molecule has 0 radical (unpaired) electrons. The molecule has 0 aliphatic carbocycles. The van der Waals surface area contributed by atoms with Crippen molar-refractivity contribution in [2.24, 2.45) is 16.8 Å². The number of ether oxygens (including phenoxy) is 2. The van der Waals surface area contributed by atoms with E-state index in [0.717, 1.165) is 37.5 Å². The maximum Gasteiger partial charge on any atom is 0.191 e. The van der Waals surface area contributed by atoms with Gasteiger partial charge in [0.1, 0.15) is 0 Å². The fraction of sp³-hybridized carbons (Fsp3) is 0.650. The average molecular weight is 493 g/mol. The van der Waals surface area contributed by atoms with E-state index in [1.807, 2.05) is 25.1 Å². The molecule has 0 aliphatic heterocycles. The third-order valence-electron chi connectivity index (χ3n) is 4.14. The number of para-hydroxylation sites is 1. The van der Waals surface area contributed by atoms with Crippen LogP contribution in [-0.4, -0.2) is 45.0 Å². The number of guanidine groups is 1. The summed E-state index contributed by atoms with van der Waals surface area (Å²) in [4.78, 5) is 4.68. The van der Waals surface area contributed by atoms with E-state index < -0.39 is 0 Å². The number of hydrogen-bond acceptors (Lipinski definition) is 4. The molecule has 0 saturated carbocycles. The Kier molecular flexibility index (Phi) is 14.1. The number of hydrogen-bond donors (Lipinski definition) is 3. The average Bonchev–Trinajstić information content (AvgIpc) is 2.63. The molecule has 0 spiro atoms. The first-order valence-corrected chi connectivity index (χ1v) is 9.38. The number of nitrogens with one attached hydrogen (secondary N) is 2. The number of aliphatic hydroxyl groups is 1. The number of aliphatic imine (C=N–C) groups is 1. The quantitative estimate of drug-likeness (QED) is 0.250. The van der Waals surface area contributed by atoms with Gasteiger partial charge in [-0.2, -0.15) is 0 Å². The molecule has 1 unspecified atom stereocenters. The highest BCUT2D eigenvalue weighted by Gasteiger charge is 2.12. The summed E-state index contributed by atoms with van der Waals surface area (Å²) in [7, 11) is 3.27. The van der Waals surface area contributed by atoms with Crippen LogP contribution in [0.3, 0.4) is 0 Å². The zero-order valence-electron chi connectivity index (χ0n) is 17.2. The Labute approximate surface area is 181 Å². The van der Waals surface area contributed by atoms with Crippen LogP contribution in [0.25, 0.3) is 0 Å². The van der Waals surface area contributed by atoms with E-state index in [-0.39, 0.29) is 30.6 Å². The summed E-state index contributed by atoms with van der Waals surface area (Å²) in [5.41, 5.74) is 0.971. The molecular formula is C20H36IN3O3. The minimum absolute atomic E-state index is 0. The van der Waals surface area contributed by atoms with Crippen LogP contribution in [0.5, 0.6) is 11.5 Å². The molecule has 1 rings (SSSR count). The smallest absolute Gasteiger partial charge is 0.191 e. The largest absolute Gasteiger partial charge is 0.493 e. The van der Waals surface area contributed by atoms with Crippen molar-refractivity contribution in [1.29, 1.82) is 0 Å². The van der Waals surface area contributed by atoms with E-state index in [0.29, 0.717) is 29.9 Å². The van der Waals surface area contributed by atoms with Crippen molar-refractivity contribution in [1.82, 2.24) is 10.6 Å². The van der Waals surface area contributed by atoms with Gasteiger partial charge in [-0.15, -0.1) is 24.0 Å². The van der Waals surface area contributed by atoms with Crippen LogP contribution in [0.1, 0.15) is 39.2 Å². The van der Waals surface area contributed by atoms with Gasteiger partial charge in [0.15, 0.2) is 17.5 Å². The molecule has 3 N–H and O–H groups in total. The summed E-state index contributed by atoms with van der Waals surface area (Å²) in [5, 5.41) is 16.0. The zero-order chi connectivity index (χ0) is 19.4. The highest BCUT2D eigenvalue weighted by atomic mass is 127. The summed E-state index contributed by atoms with van der Waals surface area (Å²) >= 11 is 0. The third-order valence-corrected chi connectivity index (χ3v) is 4.14. The molecular weight excluding hydrogens is 457 g/mol. The van der Waals surface area contributed by atoms with Crippen LogP contribution in [0.15, 0.2) is 23.2 Å². The topological polar surface area (TPSA) is 75.1 Å². The second-order valence-electron chi connectivity index (χ2n) is 6.74. The molecule has 156 valence electrons. The highest BCUT2D eigenvalue weighted by molar-refractivity contribution is 14.0. The van der Waals surface area contributed by atoms with Crippen molar-refractivity contribution in [3.63, 3.8) is 0 Å². The van der Waals surface area contributed by atoms with Crippen LogP contribution in [0.4, 0.5) is 0 Å². The van der Waals surface area contributed by atoms with Crippen LogP contribution >= 0.6 is 24.0 Å². The zero-order valence-corrected chi connectivity index (χ0v) is 19.6. The van der Waals surface area contributed by atoms with Crippen LogP contribution in [0, 0.1) is 11.8 Å². The van der Waals surface area contributed by atoms with Gasteiger partial charge in [-0.1, -0.05) is 26.0 Å². The monoisotopic (exact) mass is 493 g/mol. The van der Waals surface area contributed by atoms with Crippen molar-refractivity contribution in [2.75, 3.05) is 33.9 Å². The molecule has 0 saturated heterocycles. The summed E-state index contributed by atoms with van der Waals surface area (Å²) < 4.78 is 10.8. The molecule has 7 heteroatoms. The van der Waals surface area contributed by atoms with E-state index >= 15 is 0 Å². The lowest BCUT2D eigenvalue weighted by Crippen LogP contribution is -2.40. The van der Waals surface area contributed by atoms with E-state index in [1.165, 1.54) is 0 Å². The van der Waals surface area contributed by atoms with Crippen molar-refractivity contribution >= 4 is 29.9 Å². The molecule has 0 bridgehead atoms. The van der Waals surface area contributed by atoms with Crippen LogP contribution < -0.4 is 20.1 Å². The minimum Gasteiger partial charge on any atom is -0.493 e. The Balaban J connectivity index is 0.00000676. The Morgan fingerprint density at radius 3 is 2.48 bits per heavy atom. The second-order valence-corrected chi connectivity index (χ2v) is 6.74. The van der Waals surface area contributed by atoms with Crippen molar-refractivity contribution < 1.29 is 14.6 Å². The molecule has 0 amide bonds. The maximum absolute atomic E-state index is 9.28. The Morgan fingerprint density at radius 1 is 1.19 bits per heavy atom. The van der Waals surface area contributed by atoms with Gasteiger partial charge in [0.25, 0.3) is 0 Å². The lowest BCUT2D eigenvalue weighted by atomic mass is 9.94. The lowest BCUT2D eigenvalue weighted by molar-refractivity contribution is 0.243. The molecule has 0 fully saturated rings. The van der Waals surface area contributed by atoms with Gasteiger partial charge in [0.05, 0.1) is 20.8 Å². The first-order valence-electron chi connectivity index (χ1n) is 9.38. The molecule has 27 heavy (non-hydrogen) atoms. The van der Waals surface area contributed by atoms with E-state index in [1.54, 1.807) is 14.2 Å². The molecule has 1 atom stereocenters. The van der Waals surface area contributed by atoms with Gasteiger partial charge in [-0.25, -0.2) is 4.99 Å². The highest BCUT2D eigenvalue weighted by Crippen LogP contribution is 2.31. The van der Waals surface area contributed by atoms with Gasteiger partial charge in [-0.05, 0) is 37.7 Å². The van der Waals surface area contributed by atoms with E-state index in [2.05, 4.69) is 29.5 Å². The standard InChI is InChI=1S/C20H35N3O3.HI/c1-6-21-20(22-13-16(10-11-24)12-15(2)3)23-14-17-8-7-9-18(25-4)19(17)26-5;/h7-9,15-16,24H,6,10-14H2,1-5H3,(H2,21,22,23);1H. The first kappa shape index (κ1) is 25.8.